The average Bonchev–Trinajstić information content (AvgIpc) is 2.35. The summed E-state index contributed by atoms with van der Waals surface area (Å²) in [5.41, 5.74) is 6.99. The number of hydrogen-bond acceptors (Lipinski definition) is 2. The predicted octanol–water partition coefficient (Wildman–Crippen LogP) is 1.94. The lowest BCUT2D eigenvalue weighted by atomic mass is 9.94. The van der Waals surface area contributed by atoms with Crippen LogP contribution in [-0.4, -0.2) is 29.9 Å². The molecule has 3 nitrogen and oxygen atoms in total. The average molecular weight is 250 g/mol. The molecule has 0 aliphatic carbocycles. The molecule has 1 heterocycles. The van der Waals surface area contributed by atoms with Crippen LogP contribution in [-0.2, 0) is 0 Å². The largest absolute Gasteiger partial charge is 0.338 e. The molecular weight excluding hydrogens is 231 g/mol. The molecule has 1 aromatic rings. The lowest BCUT2D eigenvalue weighted by molar-refractivity contribution is 0.0664. The van der Waals surface area contributed by atoms with Crippen LogP contribution in [0.25, 0.3) is 0 Å². The van der Waals surface area contributed by atoms with Gasteiger partial charge in [-0.15, -0.1) is 0 Å². The third-order valence-corrected chi connectivity index (χ3v) is 3.66. The Balaban J connectivity index is 2.14. The minimum atomic E-state index is -0.277. The Labute approximate surface area is 107 Å². The number of likely N-dealkylation sites (tertiary alicyclic amines) is 1. The Kier molecular flexibility index (Phi) is 3.66. The summed E-state index contributed by atoms with van der Waals surface area (Å²) in [6.45, 7) is 5.08. The van der Waals surface area contributed by atoms with Gasteiger partial charge in [0.2, 0.25) is 0 Å². The number of hydrogen-bond donors (Lipinski definition) is 1. The molecule has 0 saturated carbocycles. The van der Waals surface area contributed by atoms with E-state index in [9.17, 15) is 9.18 Å². The summed E-state index contributed by atoms with van der Waals surface area (Å²) in [6.07, 6.45) is 0.826. The topological polar surface area (TPSA) is 46.3 Å². The molecule has 4 heteroatoms. The highest BCUT2D eigenvalue weighted by Gasteiger charge is 2.26. The summed E-state index contributed by atoms with van der Waals surface area (Å²) < 4.78 is 13.2. The number of benzene rings is 1. The van der Waals surface area contributed by atoms with E-state index in [1.807, 2.05) is 0 Å². The highest BCUT2D eigenvalue weighted by atomic mass is 19.1. The van der Waals surface area contributed by atoms with Gasteiger partial charge in [0, 0.05) is 24.7 Å². The number of carbonyl (C=O) groups is 1. The number of piperidine rings is 1. The normalized spacial score (nSPS) is 24.1. The molecule has 0 aromatic heterocycles. The van der Waals surface area contributed by atoms with E-state index in [1.165, 1.54) is 6.07 Å². The Morgan fingerprint density at radius 1 is 1.50 bits per heavy atom. The highest BCUT2D eigenvalue weighted by molar-refractivity contribution is 5.94. The molecule has 2 rings (SSSR count). The summed E-state index contributed by atoms with van der Waals surface area (Å²) in [7, 11) is 0. The van der Waals surface area contributed by atoms with Gasteiger partial charge >= 0.3 is 0 Å². The number of nitrogens with zero attached hydrogens (tertiary/aromatic N) is 1. The lowest BCUT2D eigenvalue weighted by Crippen LogP contribution is -2.48. The fraction of sp³-hybridized carbons (Fsp3) is 0.500. The first-order chi connectivity index (χ1) is 8.49. The van der Waals surface area contributed by atoms with Gasteiger partial charge in [-0.1, -0.05) is 6.92 Å². The van der Waals surface area contributed by atoms with Gasteiger partial charge in [-0.25, -0.2) is 4.39 Å². The van der Waals surface area contributed by atoms with Gasteiger partial charge in [0.1, 0.15) is 5.82 Å². The van der Waals surface area contributed by atoms with Crippen LogP contribution in [0.5, 0.6) is 0 Å². The monoisotopic (exact) mass is 250 g/mol. The molecule has 18 heavy (non-hydrogen) atoms. The standard InChI is InChI=1S/C14H19FN2O/c1-9-7-11(3-4-12(9)15)14(18)17-6-5-13(16)10(2)8-17/h3-4,7,10,13H,5-6,8,16H2,1-2H3. The van der Waals surface area contributed by atoms with Crippen LogP contribution in [0, 0.1) is 18.7 Å². The zero-order chi connectivity index (χ0) is 13.3. The Hall–Kier alpha value is -1.42. The van der Waals surface area contributed by atoms with E-state index in [1.54, 1.807) is 24.0 Å². The van der Waals surface area contributed by atoms with E-state index in [2.05, 4.69) is 6.92 Å². The molecule has 0 radical (unpaired) electrons. The fourth-order valence-electron chi connectivity index (χ4n) is 2.31. The van der Waals surface area contributed by atoms with E-state index < -0.39 is 0 Å². The minimum Gasteiger partial charge on any atom is -0.338 e. The van der Waals surface area contributed by atoms with Gasteiger partial charge in [-0.3, -0.25) is 4.79 Å². The molecule has 98 valence electrons. The molecular formula is C14H19FN2O. The van der Waals surface area contributed by atoms with Crippen molar-refractivity contribution in [3.63, 3.8) is 0 Å². The van der Waals surface area contributed by atoms with Crippen molar-refractivity contribution in [2.45, 2.75) is 26.3 Å². The van der Waals surface area contributed by atoms with Crippen LogP contribution in [0.15, 0.2) is 18.2 Å². The Morgan fingerprint density at radius 2 is 2.22 bits per heavy atom. The zero-order valence-electron chi connectivity index (χ0n) is 10.8. The molecule has 2 N–H and O–H groups in total. The molecule has 1 aliphatic heterocycles. The van der Waals surface area contributed by atoms with Crippen molar-refractivity contribution in [1.82, 2.24) is 4.90 Å². The van der Waals surface area contributed by atoms with Crippen molar-refractivity contribution >= 4 is 5.91 Å². The number of aryl methyl sites for hydroxylation is 1. The molecule has 0 spiro atoms. The van der Waals surface area contributed by atoms with E-state index in [-0.39, 0.29) is 17.8 Å². The van der Waals surface area contributed by atoms with Crippen molar-refractivity contribution in [1.29, 1.82) is 0 Å². The maximum atomic E-state index is 13.2. The van der Waals surface area contributed by atoms with Crippen LogP contribution in [0.3, 0.4) is 0 Å². The SMILES string of the molecule is Cc1cc(C(=O)N2CCC(N)C(C)C2)ccc1F. The van der Waals surface area contributed by atoms with E-state index in [0.29, 0.717) is 30.1 Å². The molecule has 2 unspecified atom stereocenters. The number of rotatable bonds is 1. The first-order valence-corrected chi connectivity index (χ1v) is 6.30. The Bertz CT molecular complexity index is 461. The van der Waals surface area contributed by atoms with Gasteiger partial charge in [-0.2, -0.15) is 0 Å². The summed E-state index contributed by atoms with van der Waals surface area (Å²) in [5.74, 6) is 0.00156. The summed E-state index contributed by atoms with van der Waals surface area (Å²) in [4.78, 5) is 14.1. The Morgan fingerprint density at radius 3 is 2.83 bits per heavy atom. The molecule has 1 aliphatic rings. The van der Waals surface area contributed by atoms with Gasteiger partial charge in [0.15, 0.2) is 0 Å². The third-order valence-electron chi connectivity index (χ3n) is 3.66. The summed E-state index contributed by atoms with van der Waals surface area (Å²) >= 11 is 0. The second kappa shape index (κ2) is 5.06. The molecule has 2 atom stereocenters. The quantitative estimate of drug-likeness (QED) is 0.828. The van der Waals surface area contributed by atoms with Crippen LogP contribution in [0.2, 0.25) is 0 Å². The summed E-state index contributed by atoms with van der Waals surface area (Å²) in [6, 6.07) is 4.67. The van der Waals surface area contributed by atoms with E-state index in [0.717, 1.165) is 6.42 Å². The van der Waals surface area contributed by atoms with Gasteiger partial charge in [0.05, 0.1) is 0 Å². The molecule has 1 aromatic carbocycles. The number of amides is 1. The van der Waals surface area contributed by atoms with Crippen LogP contribution in [0.1, 0.15) is 29.3 Å². The maximum Gasteiger partial charge on any atom is 0.253 e. The van der Waals surface area contributed by atoms with Crippen molar-refractivity contribution in [2.24, 2.45) is 11.7 Å². The highest BCUT2D eigenvalue weighted by Crippen LogP contribution is 2.18. The maximum absolute atomic E-state index is 13.2. The zero-order valence-corrected chi connectivity index (χ0v) is 10.8. The van der Waals surface area contributed by atoms with Crippen LogP contribution < -0.4 is 5.73 Å². The van der Waals surface area contributed by atoms with Gasteiger partial charge in [0.25, 0.3) is 5.91 Å². The first kappa shape index (κ1) is 13.0. The smallest absolute Gasteiger partial charge is 0.253 e. The molecule has 1 amide bonds. The van der Waals surface area contributed by atoms with Gasteiger partial charge < -0.3 is 10.6 Å². The first-order valence-electron chi connectivity index (χ1n) is 6.30. The fourth-order valence-corrected chi connectivity index (χ4v) is 2.31. The van der Waals surface area contributed by atoms with E-state index in [4.69, 9.17) is 5.73 Å². The number of halogens is 1. The molecule has 1 saturated heterocycles. The van der Waals surface area contributed by atoms with Crippen LogP contribution in [0.4, 0.5) is 4.39 Å². The molecule has 1 fully saturated rings. The van der Waals surface area contributed by atoms with Crippen molar-refractivity contribution in [3.8, 4) is 0 Å². The van der Waals surface area contributed by atoms with Crippen molar-refractivity contribution in [3.05, 3.63) is 35.1 Å². The summed E-state index contributed by atoms with van der Waals surface area (Å²) in [5, 5.41) is 0. The predicted molar refractivity (Wildman–Crippen MR) is 68.8 cm³/mol. The van der Waals surface area contributed by atoms with Gasteiger partial charge in [-0.05, 0) is 43.0 Å². The van der Waals surface area contributed by atoms with Crippen molar-refractivity contribution < 1.29 is 9.18 Å². The minimum absolute atomic E-state index is 0.0307. The van der Waals surface area contributed by atoms with E-state index >= 15 is 0 Å². The lowest BCUT2D eigenvalue weighted by Gasteiger charge is -2.35. The second-order valence-corrected chi connectivity index (χ2v) is 5.14. The second-order valence-electron chi connectivity index (χ2n) is 5.14. The van der Waals surface area contributed by atoms with Crippen molar-refractivity contribution in [2.75, 3.05) is 13.1 Å². The molecule has 0 bridgehead atoms. The van der Waals surface area contributed by atoms with Crippen LogP contribution >= 0.6 is 0 Å². The number of carbonyl (C=O) groups excluding carboxylic acids is 1. The number of nitrogens with two attached hydrogens (primary N) is 1. The third kappa shape index (κ3) is 2.53.